The smallest absolute Gasteiger partial charge is 0.162 e. The van der Waals surface area contributed by atoms with Crippen LogP contribution in [0.4, 0.5) is 0 Å². The van der Waals surface area contributed by atoms with Crippen LogP contribution in [0.25, 0.3) is 0 Å². The molecule has 0 aromatic carbocycles. The van der Waals surface area contributed by atoms with E-state index in [1.54, 1.807) is 0 Å². The molecule has 13 heavy (non-hydrogen) atoms. The molecule has 1 aliphatic carbocycles. The Bertz CT molecular complexity index is 236. The van der Waals surface area contributed by atoms with Crippen molar-refractivity contribution in [2.24, 2.45) is 11.8 Å². The van der Waals surface area contributed by atoms with Gasteiger partial charge in [0.25, 0.3) is 0 Å². The van der Waals surface area contributed by atoms with E-state index in [1.807, 2.05) is 0 Å². The third kappa shape index (κ3) is 2.01. The Hall–Kier alpha value is -0.590. The fourth-order valence-corrected chi connectivity index (χ4v) is 2.20. The molecule has 1 aliphatic rings. The minimum absolute atomic E-state index is 0.290. The Labute approximate surface area is 81.2 Å². The van der Waals surface area contributed by atoms with Gasteiger partial charge >= 0.3 is 0 Å². The van der Waals surface area contributed by atoms with Gasteiger partial charge < -0.3 is 0 Å². The van der Waals surface area contributed by atoms with Gasteiger partial charge in [0, 0.05) is 5.92 Å². The van der Waals surface area contributed by atoms with Crippen LogP contribution in [0, 0.1) is 11.8 Å². The van der Waals surface area contributed by atoms with Crippen molar-refractivity contribution in [1.82, 2.24) is 0 Å². The molecule has 0 bridgehead atoms. The molecule has 74 valence electrons. The van der Waals surface area contributed by atoms with Gasteiger partial charge in [-0.3, -0.25) is 4.79 Å². The zero-order chi connectivity index (χ0) is 10.0. The standard InChI is InChI=1S/C12H20O/c1-5-10-9(4)6-7-11(8(2)3)12(10)13/h8,11H,5-7H2,1-4H3/t11-/m0/s1. The summed E-state index contributed by atoms with van der Waals surface area (Å²) in [7, 11) is 0. The van der Waals surface area contributed by atoms with Crippen LogP contribution >= 0.6 is 0 Å². The minimum atomic E-state index is 0.290. The van der Waals surface area contributed by atoms with Crippen LogP contribution in [0.2, 0.25) is 0 Å². The summed E-state index contributed by atoms with van der Waals surface area (Å²) in [6.45, 7) is 8.49. The zero-order valence-electron chi connectivity index (χ0n) is 9.18. The summed E-state index contributed by atoms with van der Waals surface area (Å²) in [4.78, 5) is 12.0. The molecular weight excluding hydrogens is 160 g/mol. The lowest BCUT2D eigenvalue weighted by atomic mass is 9.77. The van der Waals surface area contributed by atoms with Crippen molar-refractivity contribution in [1.29, 1.82) is 0 Å². The molecule has 0 spiro atoms. The van der Waals surface area contributed by atoms with Crippen molar-refractivity contribution in [3.05, 3.63) is 11.1 Å². The fourth-order valence-electron chi connectivity index (χ4n) is 2.20. The maximum Gasteiger partial charge on any atom is 0.162 e. The molecule has 0 saturated carbocycles. The van der Waals surface area contributed by atoms with Crippen LogP contribution in [0.1, 0.15) is 47.0 Å². The summed E-state index contributed by atoms with van der Waals surface area (Å²) < 4.78 is 0. The Morgan fingerprint density at radius 2 is 2.08 bits per heavy atom. The number of carbonyl (C=O) groups excluding carboxylic acids is 1. The number of carbonyl (C=O) groups is 1. The van der Waals surface area contributed by atoms with Crippen LogP contribution in [0.5, 0.6) is 0 Å². The second kappa shape index (κ2) is 4.08. The highest BCUT2D eigenvalue weighted by Crippen LogP contribution is 2.32. The van der Waals surface area contributed by atoms with Crippen molar-refractivity contribution < 1.29 is 4.79 Å². The summed E-state index contributed by atoms with van der Waals surface area (Å²) in [5.41, 5.74) is 2.43. The van der Waals surface area contributed by atoms with E-state index in [4.69, 9.17) is 0 Å². The van der Waals surface area contributed by atoms with Gasteiger partial charge in [-0.15, -0.1) is 0 Å². The second-order valence-corrected chi connectivity index (χ2v) is 4.37. The molecule has 0 aromatic heterocycles. The van der Waals surface area contributed by atoms with Crippen LogP contribution < -0.4 is 0 Å². The second-order valence-electron chi connectivity index (χ2n) is 4.37. The Morgan fingerprint density at radius 3 is 2.54 bits per heavy atom. The molecule has 0 amide bonds. The van der Waals surface area contributed by atoms with E-state index in [2.05, 4.69) is 27.7 Å². The van der Waals surface area contributed by atoms with Gasteiger partial charge in [0.15, 0.2) is 5.78 Å². The number of ketones is 1. The van der Waals surface area contributed by atoms with E-state index in [1.165, 1.54) is 5.57 Å². The first kappa shape index (κ1) is 10.5. The van der Waals surface area contributed by atoms with Gasteiger partial charge in [0.1, 0.15) is 0 Å². The molecule has 1 atom stereocenters. The highest BCUT2D eigenvalue weighted by Gasteiger charge is 2.28. The molecule has 0 heterocycles. The van der Waals surface area contributed by atoms with Crippen LogP contribution in [-0.2, 0) is 4.79 Å². The van der Waals surface area contributed by atoms with Gasteiger partial charge in [-0.05, 0) is 37.7 Å². The third-order valence-electron chi connectivity index (χ3n) is 3.14. The number of hydrogen-bond donors (Lipinski definition) is 0. The molecule has 1 nitrogen and oxygen atoms in total. The largest absolute Gasteiger partial charge is 0.294 e. The lowest BCUT2D eigenvalue weighted by Crippen LogP contribution is -2.26. The van der Waals surface area contributed by atoms with Crippen LogP contribution in [-0.4, -0.2) is 5.78 Å². The van der Waals surface area contributed by atoms with Crippen LogP contribution in [0.3, 0.4) is 0 Å². The normalized spacial score (nSPS) is 24.4. The van der Waals surface area contributed by atoms with Gasteiger partial charge in [-0.2, -0.15) is 0 Å². The van der Waals surface area contributed by atoms with Gasteiger partial charge in [-0.1, -0.05) is 26.3 Å². The maximum atomic E-state index is 12.0. The number of hydrogen-bond acceptors (Lipinski definition) is 1. The summed E-state index contributed by atoms with van der Waals surface area (Å²) in [6, 6.07) is 0. The van der Waals surface area contributed by atoms with E-state index in [0.29, 0.717) is 17.6 Å². The average Bonchev–Trinajstić information content (AvgIpc) is 2.04. The molecule has 1 heteroatoms. The van der Waals surface area contributed by atoms with Crippen molar-refractivity contribution in [3.8, 4) is 0 Å². The monoisotopic (exact) mass is 180 g/mol. The summed E-state index contributed by atoms with van der Waals surface area (Å²) in [5.74, 6) is 1.21. The lowest BCUT2D eigenvalue weighted by Gasteiger charge is -2.26. The van der Waals surface area contributed by atoms with Crippen molar-refractivity contribution >= 4 is 5.78 Å². The topological polar surface area (TPSA) is 17.1 Å². The van der Waals surface area contributed by atoms with E-state index in [-0.39, 0.29) is 0 Å². The Morgan fingerprint density at radius 1 is 1.46 bits per heavy atom. The first-order valence-electron chi connectivity index (χ1n) is 5.30. The molecule has 0 saturated heterocycles. The number of Topliss-reactive ketones (excluding diaryl/α,β-unsaturated/α-hetero) is 1. The quantitative estimate of drug-likeness (QED) is 0.637. The maximum absolute atomic E-state index is 12.0. The molecular formula is C12H20O. The average molecular weight is 180 g/mol. The van der Waals surface area contributed by atoms with E-state index >= 15 is 0 Å². The first-order chi connectivity index (χ1) is 6.07. The Balaban J connectivity index is 2.88. The highest BCUT2D eigenvalue weighted by atomic mass is 16.1. The summed E-state index contributed by atoms with van der Waals surface area (Å²) in [6.07, 6.45) is 3.09. The third-order valence-corrected chi connectivity index (χ3v) is 3.14. The molecule has 0 unspecified atom stereocenters. The molecule has 0 aromatic rings. The van der Waals surface area contributed by atoms with E-state index in [0.717, 1.165) is 24.8 Å². The number of rotatable bonds is 2. The minimum Gasteiger partial charge on any atom is -0.294 e. The SMILES string of the molecule is CCC1=C(C)CC[C@@H](C(C)C)C1=O. The molecule has 0 radical (unpaired) electrons. The molecule has 0 aliphatic heterocycles. The summed E-state index contributed by atoms with van der Waals surface area (Å²) in [5, 5.41) is 0. The molecule has 0 N–H and O–H groups in total. The predicted molar refractivity (Wildman–Crippen MR) is 55.6 cm³/mol. The van der Waals surface area contributed by atoms with E-state index < -0.39 is 0 Å². The first-order valence-corrected chi connectivity index (χ1v) is 5.30. The van der Waals surface area contributed by atoms with Crippen LogP contribution in [0.15, 0.2) is 11.1 Å². The lowest BCUT2D eigenvalue weighted by molar-refractivity contribution is -0.121. The van der Waals surface area contributed by atoms with Gasteiger partial charge in [0.05, 0.1) is 0 Å². The van der Waals surface area contributed by atoms with Gasteiger partial charge in [0.2, 0.25) is 0 Å². The molecule has 0 fully saturated rings. The van der Waals surface area contributed by atoms with Crippen molar-refractivity contribution in [2.75, 3.05) is 0 Å². The highest BCUT2D eigenvalue weighted by molar-refractivity contribution is 5.98. The zero-order valence-corrected chi connectivity index (χ0v) is 9.18. The summed E-state index contributed by atoms with van der Waals surface area (Å²) >= 11 is 0. The van der Waals surface area contributed by atoms with Crippen molar-refractivity contribution in [2.45, 2.75) is 47.0 Å². The van der Waals surface area contributed by atoms with E-state index in [9.17, 15) is 4.79 Å². The predicted octanol–water partition coefficient (Wildman–Crippen LogP) is 3.35. The van der Waals surface area contributed by atoms with Gasteiger partial charge in [-0.25, -0.2) is 0 Å². The molecule has 1 rings (SSSR count). The van der Waals surface area contributed by atoms with Crippen molar-refractivity contribution in [3.63, 3.8) is 0 Å². The number of allylic oxidation sites excluding steroid dienone is 2. The Kier molecular flexibility index (Phi) is 3.29. The fraction of sp³-hybridized carbons (Fsp3) is 0.750.